The van der Waals surface area contributed by atoms with Crippen LogP contribution >= 0.6 is 0 Å². The topological polar surface area (TPSA) is 94.6 Å². The molecule has 0 atom stereocenters. The van der Waals surface area contributed by atoms with E-state index in [1.807, 2.05) is 6.07 Å². The Morgan fingerprint density at radius 1 is 1.17 bits per heavy atom. The molecule has 0 radical (unpaired) electrons. The molecule has 0 fully saturated rings. The fraction of sp³-hybridized carbons (Fsp3) is 0.368. The fourth-order valence-electron chi connectivity index (χ4n) is 3.43. The van der Waals surface area contributed by atoms with Crippen molar-refractivity contribution in [2.75, 3.05) is 29.1 Å². The molecule has 0 spiro atoms. The van der Waals surface area contributed by atoms with E-state index >= 15 is 0 Å². The van der Waals surface area contributed by atoms with Crippen molar-refractivity contribution in [1.82, 2.24) is 25.1 Å². The first-order chi connectivity index (χ1) is 14.3. The summed E-state index contributed by atoms with van der Waals surface area (Å²) in [6, 6.07) is 3.29. The maximum Gasteiger partial charge on any atom is 0.420 e. The molecular formula is C19H21F3N8. The monoisotopic (exact) mass is 418 g/mol. The van der Waals surface area contributed by atoms with Gasteiger partial charge < -0.3 is 15.5 Å². The normalized spacial score (nSPS) is 13.6. The van der Waals surface area contributed by atoms with Crippen LogP contribution in [0.5, 0.6) is 0 Å². The summed E-state index contributed by atoms with van der Waals surface area (Å²) in [5, 5.41) is 11.9. The van der Waals surface area contributed by atoms with Crippen LogP contribution < -0.4 is 15.5 Å². The van der Waals surface area contributed by atoms with Gasteiger partial charge in [-0.3, -0.25) is 10.1 Å². The summed E-state index contributed by atoms with van der Waals surface area (Å²) in [5.41, 5.74) is 2.17. The van der Waals surface area contributed by atoms with Crippen molar-refractivity contribution in [3.05, 3.63) is 35.7 Å². The number of H-pyrrole nitrogens is 1. The van der Waals surface area contributed by atoms with Crippen molar-refractivity contribution >= 4 is 23.1 Å². The van der Waals surface area contributed by atoms with Gasteiger partial charge in [0.2, 0.25) is 5.95 Å². The van der Waals surface area contributed by atoms with Crippen LogP contribution in [0.25, 0.3) is 11.5 Å². The number of anilines is 4. The first kappa shape index (κ1) is 19.9. The average Bonchev–Trinajstić information content (AvgIpc) is 3.33. The highest BCUT2D eigenvalue weighted by Crippen LogP contribution is 2.36. The van der Waals surface area contributed by atoms with Crippen LogP contribution in [0.3, 0.4) is 0 Å². The molecule has 1 aliphatic heterocycles. The van der Waals surface area contributed by atoms with E-state index in [2.05, 4.69) is 54.5 Å². The average molecular weight is 418 g/mol. The maximum atomic E-state index is 13.4. The minimum atomic E-state index is -4.58. The van der Waals surface area contributed by atoms with Crippen LogP contribution in [0.1, 0.15) is 25.0 Å². The second-order valence-corrected chi connectivity index (χ2v) is 7.24. The summed E-state index contributed by atoms with van der Waals surface area (Å²) in [4.78, 5) is 14.8. The number of halogens is 3. The van der Waals surface area contributed by atoms with Gasteiger partial charge in [-0.05, 0) is 38.0 Å². The lowest BCUT2D eigenvalue weighted by Crippen LogP contribution is -2.28. The van der Waals surface area contributed by atoms with Crippen molar-refractivity contribution in [2.45, 2.75) is 32.5 Å². The van der Waals surface area contributed by atoms with Crippen LogP contribution in [0.4, 0.5) is 36.3 Å². The number of hydrogen-bond donors (Lipinski definition) is 3. The Balaban J connectivity index is 1.59. The number of hydrogen-bond acceptors (Lipinski definition) is 7. The van der Waals surface area contributed by atoms with Crippen LogP contribution in [0, 0.1) is 0 Å². The van der Waals surface area contributed by atoms with Crippen LogP contribution in [0.15, 0.2) is 24.5 Å². The van der Waals surface area contributed by atoms with Gasteiger partial charge in [-0.1, -0.05) is 0 Å². The zero-order chi connectivity index (χ0) is 21.5. The molecule has 3 aromatic rings. The number of pyridine rings is 2. The lowest BCUT2D eigenvalue weighted by Gasteiger charge is -2.23. The summed E-state index contributed by atoms with van der Waals surface area (Å²) >= 11 is 0. The van der Waals surface area contributed by atoms with E-state index in [-0.39, 0.29) is 17.5 Å². The molecule has 0 unspecified atom stereocenters. The molecule has 30 heavy (non-hydrogen) atoms. The molecule has 0 aliphatic carbocycles. The molecule has 11 heteroatoms. The summed E-state index contributed by atoms with van der Waals surface area (Å²) in [7, 11) is 1.52. The minimum absolute atomic E-state index is 0.0219. The van der Waals surface area contributed by atoms with Gasteiger partial charge >= 0.3 is 6.18 Å². The molecule has 0 bridgehead atoms. The van der Waals surface area contributed by atoms with Crippen LogP contribution in [-0.2, 0) is 12.6 Å². The van der Waals surface area contributed by atoms with Crippen molar-refractivity contribution < 1.29 is 13.2 Å². The van der Waals surface area contributed by atoms with Crippen molar-refractivity contribution in [3.63, 3.8) is 0 Å². The number of nitrogens with one attached hydrogen (secondary N) is 3. The summed E-state index contributed by atoms with van der Waals surface area (Å²) in [6.07, 6.45) is -0.579. The Bertz CT molecular complexity index is 1060. The first-order valence-corrected chi connectivity index (χ1v) is 9.46. The van der Waals surface area contributed by atoms with E-state index in [1.165, 1.54) is 13.2 Å². The largest absolute Gasteiger partial charge is 0.420 e. The molecule has 8 nitrogen and oxygen atoms in total. The molecule has 1 aliphatic rings. The van der Waals surface area contributed by atoms with Crippen molar-refractivity contribution in [3.8, 4) is 11.5 Å². The molecule has 0 amide bonds. The van der Waals surface area contributed by atoms with Gasteiger partial charge in [0.25, 0.3) is 0 Å². The van der Waals surface area contributed by atoms with Gasteiger partial charge in [0.15, 0.2) is 5.82 Å². The zero-order valence-corrected chi connectivity index (χ0v) is 16.7. The third-order valence-electron chi connectivity index (χ3n) is 4.96. The molecule has 158 valence electrons. The Kier molecular flexibility index (Phi) is 4.96. The molecule has 0 saturated carbocycles. The van der Waals surface area contributed by atoms with Gasteiger partial charge in [0.1, 0.15) is 17.1 Å². The van der Waals surface area contributed by atoms with Gasteiger partial charge in [0, 0.05) is 19.6 Å². The first-order valence-electron chi connectivity index (χ1n) is 9.46. The second-order valence-electron chi connectivity index (χ2n) is 7.24. The number of aromatic nitrogens is 5. The molecule has 3 aromatic heterocycles. The lowest BCUT2D eigenvalue weighted by atomic mass is 10.2. The molecule has 0 saturated heterocycles. The molecule has 0 aromatic carbocycles. The zero-order valence-electron chi connectivity index (χ0n) is 16.7. The lowest BCUT2D eigenvalue weighted by molar-refractivity contribution is -0.137. The van der Waals surface area contributed by atoms with Crippen molar-refractivity contribution in [2.24, 2.45) is 0 Å². The summed E-state index contributed by atoms with van der Waals surface area (Å²) < 4.78 is 40.1. The highest BCUT2D eigenvalue weighted by molar-refractivity contribution is 5.65. The Labute approximate surface area is 171 Å². The second kappa shape index (κ2) is 7.47. The van der Waals surface area contributed by atoms with E-state index in [1.54, 1.807) is 6.20 Å². The highest BCUT2D eigenvalue weighted by Gasteiger charge is 2.35. The number of fused-ring (bicyclic) bond motifs is 1. The molecular weight excluding hydrogens is 397 g/mol. The van der Waals surface area contributed by atoms with Gasteiger partial charge in [-0.25, -0.2) is 4.98 Å². The summed E-state index contributed by atoms with van der Waals surface area (Å²) in [5.74, 6) is -0.0310. The standard InChI is InChI=1S/C19H21F3N8/c1-10(2)30-5-4-11-6-14(24-9-15(11)30)17-27-18(29-28-17)26-16-13(19(20,21)22)7-12(23-3)8-25-16/h6-10,23H,4-5H2,1-3H3,(H2,25,26,27,28,29). The van der Waals surface area contributed by atoms with Crippen molar-refractivity contribution in [1.29, 1.82) is 0 Å². The number of rotatable bonds is 5. The van der Waals surface area contributed by atoms with E-state index < -0.39 is 11.7 Å². The van der Waals surface area contributed by atoms with Gasteiger partial charge in [-0.15, -0.1) is 5.10 Å². The third-order valence-corrected chi connectivity index (χ3v) is 4.96. The predicted octanol–water partition coefficient (Wildman–Crippen LogP) is 3.84. The SMILES string of the molecule is CNc1cnc(Nc2n[nH]c(-c3cc4c(cn3)N(C(C)C)CC4)n2)c(C(F)(F)F)c1. The van der Waals surface area contributed by atoms with E-state index in [9.17, 15) is 13.2 Å². The van der Waals surface area contributed by atoms with Gasteiger partial charge in [-0.2, -0.15) is 18.2 Å². The minimum Gasteiger partial charge on any atom is -0.387 e. The Morgan fingerprint density at radius 2 is 1.97 bits per heavy atom. The molecule has 3 N–H and O–H groups in total. The molecule has 4 heterocycles. The Hall–Kier alpha value is -3.37. The van der Waals surface area contributed by atoms with E-state index in [0.29, 0.717) is 17.6 Å². The quantitative estimate of drug-likeness (QED) is 0.580. The van der Waals surface area contributed by atoms with E-state index in [4.69, 9.17) is 0 Å². The van der Waals surface area contributed by atoms with E-state index in [0.717, 1.165) is 30.3 Å². The Morgan fingerprint density at radius 3 is 2.67 bits per heavy atom. The van der Waals surface area contributed by atoms with Crippen LogP contribution in [-0.4, -0.2) is 44.8 Å². The third kappa shape index (κ3) is 3.74. The van der Waals surface area contributed by atoms with Gasteiger partial charge in [0.05, 0.1) is 23.8 Å². The van der Waals surface area contributed by atoms with Crippen LogP contribution in [0.2, 0.25) is 0 Å². The number of alkyl halides is 3. The summed E-state index contributed by atoms with van der Waals surface area (Å²) in [6.45, 7) is 5.18. The fourth-order valence-corrected chi connectivity index (χ4v) is 3.43. The smallest absolute Gasteiger partial charge is 0.387 e. The number of nitrogens with zero attached hydrogens (tertiary/aromatic N) is 5. The highest BCUT2D eigenvalue weighted by atomic mass is 19.4. The molecule has 4 rings (SSSR count). The maximum absolute atomic E-state index is 13.4. The number of aromatic amines is 1. The predicted molar refractivity (Wildman–Crippen MR) is 108 cm³/mol.